The summed E-state index contributed by atoms with van der Waals surface area (Å²) in [7, 11) is 2.84. The minimum absolute atomic E-state index is 0.132. The minimum Gasteiger partial charge on any atom is -0.493 e. The zero-order valence-corrected chi connectivity index (χ0v) is 20.5. The Bertz CT molecular complexity index is 985. The highest BCUT2D eigenvalue weighted by molar-refractivity contribution is 9.09. The highest BCUT2D eigenvalue weighted by Gasteiger charge is 2.25. The third-order valence-corrected chi connectivity index (χ3v) is 6.27. The number of hydrogen-bond donors (Lipinski definition) is 0. The Hall–Kier alpha value is -2.84. The van der Waals surface area contributed by atoms with E-state index in [2.05, 4.69) is 31.9 Å². The third-order valence-electron chi connectivity index (χ3n) is 4.47. The van der Waals surface area contributed by atoms with Gasteiger partial charge in [-0.25, -0.2) is 0 Å². The van der Waals surface area contributed by atoms with E-state index < -0.39 is 21.6 Å². The van der Waals surface area contributed by atoms with Crippen molar-refractivity contribution < 1.29 is 28.5 Å². The van der Waals surface area contributed by atoms with Gasteiger partial charge in [0.25, 0.3) is 0 Å². The summed E-state index contributed by atoms with van der Waals surface area (Å²) in [6.45, 7) is 0. The number of carbonyl (C=O) groups excluding carboxylic acids is 2. The Labute approximate surface area is 202 Å². The van der Waals surface area contributed by atoms with Crippen molar-refractivity contribution >= 4 is 43.8 Å². The van der Waals surface area contributed by atoms with Crippen LogP contribution in [0.3, 0.4) is 0 Å². The second kappa shape index (κ2) is 11.2. The summed E-state index contributed by atoms with van der Waals surface area (Å²) in [5, 5.41) is 0. The molecule has 0 amide bonds. The van der Waals surface area contributed by atoms with Crippen molar-refractivity contribution in [1.29, 1.82) is 0 Å². The van der Waals surface area contributed by atoms with Gasteiger partial charge in [0.15, 0.2) is 23.0 Å². The highest BCUT2D eigenvalue weighted by Crippen LogP contribution is 2.41. The van der Waals surface area contributed by atoms with Crippen molar-refractivity contribution in [3.63, 3.8) is 0 Å². The van der Waals surface area contributed by atoms with Gasteiger partial charge in [-0.3, -0.25) is 9.59 Å². The average Bonchev–Trinajstić information content (AvgIpc) is 2.84. The van der Waals surface area contributed by atoms with Crippen LogP contribution in [0.15, 0.2) is 72.8 Å². The normalized spacial score (nSPS) is 12.4. The van der Waals surface area contributed by atoms with Gasteiger partial charge in [0.05, 0.1) is 14.2 Å². The highest BCUT2D eigenvalue weighted by atomic mass is 79.9. The molecule has 0 aliphatic rings. The molecule has 0 bridgehead atoms. The Morgan fingerprint density at radius 1 is 0.625 bits per heavy atom. The summed E-state index contributed by atoms with van der Waals surface area (Å²) >= 11 is 6.71. The molecule has 6 nitrogen and oxygen atoms in total. The Kier molecular flexibility index (Phi) is 8.30. The molecule has 0 aliphatic heterocycles. The predicted molar refractivity (Wildman–Crippen MR) is 127 cm³/mol. The maximum absolute atomic E-state index is 12.6. The summed E-state index contributed by atoms with van der Waals surface area (Å²) in [5.74, 6) is -0.390. The van der Waals surface area contributed by atoms with Crippen molar-refractivity contribution in [2.75, 3.05) is 14.2 Å². The van der Waals surface area contributed by atoms with Crippen LogP contribution >= 0.6 is 31.9 Å². The smallest absolute Gasteiger partial charge is 0.329 e. The summed E-state index contributed by atoms with van der Waals surface area (Å²) < 4.78 is 21.8. The van der Waals surface area contributed by atoms with E-state index in [-0.39, 0.29) is 23.0 Å². The molecular formula is C24H20Br2O6. The molecule has 0 N–H and O–H groups in total. The Morgan fingerprint density at radius 3 is 1.28 bits per heavy atom. The molecular weight excluding hydrogens is 544 g/mol. The molecule has 8 heteroatoms. The van der Waals surface area contributed by atoms with Gasteiger partial charge in [0, 0.05) is 12.1 Å². The number of halogens is 2. The molecule has 3 aromatic carbocycles. The zero-order valence-electron chi connectivity index (χ0n) is 17.3. The lowest BCUT2D eigenvalue weighted by Crippen LogP contribution is -2.16. The number of rotatable bonds is 8. The van der Waals surface area contributed by atoms with Crippen LogP contribution in [-0.2, 0) is 9.59 Å². The van der Waals surface area contributed by atoms with Gasteiger partial charge >= 0.3 is 11.9 Å². The number of hydrogen-bond acceptors (Lipinski definition) is 6. The van der Waals surface area contributed by atoms with Gasteiger partial charge in [0.1, 0.15) is 9.65 Å². The van der Waals surface area contributed by atoms with Crippen molar-refractivity contribution in [2.24, 2.45) is 0 Å². The van der Waals surface area contributed by atoms with Gasteiger partial charge in [-0.1, -0.05) is 92.5 Å². The first kappa shape index (κ1) is 23.8. The van der Waals surface area contributed by atoms with E-state index in [9.17, 15) is 9.59 Å². The van der Waals surface area contributed by atoms with Gasteiger partial charge < -0.3 is 18.9 Å². The van der Waals surface area contributed by atoms with Crippen LogP contribution in [0.25, 0.3) is 0 Å². The molecule has 3 rings (SSSR count). The predicted octanol–water partition coefficient (Wildman–Crippen LogP) is 5.79. The van der Waals surface area contributed by atoms with E-state index in [0.717, 1.165) is 11.1 Å². The number of methoxy groups -OCH3 is 2. The molecule has 0 heterocycles. The maximum atomic E-state index is 12.6. The maximum Gasteiger partial charge on any atom is 0.329 e. The summed E-state index contributed by atoms with van der Waals surface area (Å²) in [6, 6.07) is 21.2. The monoisotopic (exact) mass is 562 g/mol. The van der Waals surface area contributed by atoms with E-state index in [4.69, 9.17) is 18.9 Å². The molecule has 3 aromatic rings. The van der Waals surface area contributed by atoms with Crippen LogP contribution in [0.4, 0.5) is 0 Å². The van der Waals surface area contributed by atoms with Crippen LogP contribution < -0.4 is 18.9 Å². The van der Waals surface area contributed by atoms with Gasteiger partial charge in [0.2, 0.25) is 0 Å². The Balaban J connectivity index is 1.81. The zero-order chi connectivity index (χ0) is 23.1. The average molecular weight is 564 g/mol. The number of esters is 2. The van der Waals surface area contributed by atoms with Crippen molar-refractivity contribution in [3.05, 3.63) is 83.9 Å². The summed E-state index contributed by atoms with van der Waals surface area (Å²) in [4.78, 5) is 23.9. The third kappa shape index (κ3) is 5.69. The second-order valence-electron chi connectivity index (χ2n) is 6.54. The van der Waals surface area contributed by atoms with Crippen molar-refractivity contribution in [2.45, 2.75) is 9.65 Å². The van der Waals surface area contributed by atoms with Crippen LogP contribution in [0.1, 0.15) is 20.8 Å². The first-order chi connectivity index (χ1) is 15.4. The first-order valence-electron chi connectivity index (χ1n) is 9.52. The first-order valence-corrected chi connectivity index (χ1v) is 11.3. The fourth-order valence-corrected chi connectivity index (χ4v) is 3.63. The molecule has 0 saturated heterocycles. The largest absolute Gasteiger partial charge is 0.493 e. The number of alkyl halides is 2. The lowest BCUT2D eigenvalue weighted by molar-refractivity contribution is -0.135. The van der Waals surface area contributed by atoms with E-state index >= 15 is 0 Å². The van der Waals surface area contributed by atoms with E-state index in [1.165, 1.54) is 26.4 Å². The molecule has 32 heavy (non-hydrogen) atoms. The van der Waals surface area contributed by atoms with Gasteiger partial charge in [-0.15, -0.1) is 0 Å². The fourth-order valence-electron chi connectivity index (χ4n) is 2.84. The lowest BCUT2D eigenvalue weighted by atomic mass is 10.1. The van der Waals surface area contributed by atoms with Gasteiger partial charge in [-0.05, 0) is 11.1 Å². The molecule has 0 aromatic heterocycles. The topological polar surface area (TPSA) is 71.1 Å². The number of ether oxygens (including phenoxy) is 4. The second-order valence-corrected chi connectivity index (χ2v) is 8.37. The quantitative estimate of drug-likeness (QED) is 0.196. The van der Waals surface area contributed by atoms with Crippen LogP contribution in [0.2, 0.25) is 0 Å². The van der Waals surface area contributed by atoms with Crippen molar-refractivity contribution in [3.8, 4) is 23.0 Å². The molecule has 2 atom stereocenters. The van der Waals surface area contributed by atoms with Crippen LogP contribution in [0, 0.1) is 0 Å². The molecule has 166 valence electrons. The van der Waals surface area contributed by atoms with E-state index in [1.807, 2.05) is 60.7 Å². The Morgan fingerprint density at radius 2 is 0.969 bits per heavy atom. The van der Waals surface area contributed by atoms with Gasteiger partial charge in [-0.2, -0.15) is 0 Å². The minimum atomic E-state index is -0.670. The SMILES string of the molecule is COc1cc(OC(=O)C(Br)c2ccccc2)c(OC)cc1OC(=O)C(Br)c1ccccc1. The molecule has 0 radical (unpaired) electrons. The van der Waals surface area contributed by atoms with Crippen molar-refractivity contribution in [1.82, 2.24) is 0 Å². The molecule has 0 saturated carbocycles. The molecule has 0 fully saturated rings. The molecule has 2 unspecified atom stereocenters. The van der Waals surface area contributed by atoms with E-state index in [0.29, 0.717) is 0 Å². The fraction of sp³-hybridized carbons (Fsp3) is 0.167. The molecule has 0 aliphatic carbocycles. The van der Waals surface area contributed by atoms with Crippen LogP contribution in [-0.4, -0.2) is 26.2 Å². The number of carbonyl (C=O) groups is 2. The standard InChI is InChI=1S/C24H20Br2O6/c1-29-17-13-20(32-24(28)22(26)16-11-7-4-8-12-16)18(30-2)14-19(17)31-23(27)21(25)15-9-5-3-6-10-15/h3-14,21-22H,1-2H3. The van der Waals surface area contributed by atoms with E-state index in [1.54, 1.807) is 0 Å². The summed E-state index contributed by atoms with van der Waals surface area (Å²) in [6.07, 6.45) is 0. The van der Waals surface area contributed by atoms with Crippen LogP contribution in [0.5, 0.6) is 23.0 Å². The molecule has 0 spiro atoms. The number of benzene rings is 3. The summed E-state index contributed by atoms with van der Waals surface area (Å²) in [5.41, 5.74) is 1.50. The lowest BCUT2D eigenvalue weighted by Gasteiger charge is -2.17.